The molecule has 6 heteroatoms. The summed E-state index contributed by atoms with van der Waals surface area (Å²) in [5.41, 5.74) is 10.8. The number of aromatic nitrogens is 1. The van der Waals surface area contributed by atoms with Crippen molar-refractivity contribution in [1.29, 1.82) is 0 Å². The smallest absolute Gasteiger partial charge is 0.111 e. The normalized spacial score (nSPS) is 11.1. The number of nitrogens with two attached hydrogens (primary N) is 1. The van der Waals surface area contributed by atoms with E-state index in [0.717, 1.165) is 29.0 Å². The van der Waals surface area contributed by atoms with Crippen molar-refractivity contribution >= 4 is 24.1 Å². The minimum atomic E-state index is 0.612. The van der Waals surface area contributed by atoms with Crippen molar-refractivity contribution in [2.24, 2.45) is 15.7 Å². The fourth-order valence-electron chi connectivity index (χ4n) is 2.78. The fraction of sp³-hybridized carbons (Fsp3) is 0.136. The summed E-state index contributed by atoms with van der Waals surface area (Å²) in [5.74, 6) is 0. The highest BCUT2D eigenvalue weighted by atomic mass is 14.9. The second-order valence-electron chi connectivity index (χ2n) is 6.08. The molecule has 28 heavy (non-hydrogen) atoms. The monoisotopic (exact) mass is 372 g/mol. The van der Waals surface area contributed by atoms with Gasteiger partial charge in [0, 0.05) is 42.4 Å². The van der Waals surface area contributed by atoms with E-state index < -0.39 is 0 Å². The van der Waals surface area contributed by atoms with Gasteiger partial charge in [-0.2, -0.15) is 0 Å². The molecule has 0 radical (unpaired) electrons. The molecule has 0 unspecified atom stereocenters. The maximum atomic E-state index is 5.18. The van der Waals surface area contributed by atoms with E-state index in [9.17, 15) is 0 Å². The third kappa shape index (κ3) is 5.67. The van der Waals surface area contributed by atoms with Crippen molar-refractivity contribution in [2.75, 3.05) is 23.7 Å². The Balaban J connectivity index is 1.73. The maximum absolute atomic E-state index is 5.18. The van der Waals surface area contributed by atoms with Gasteiger partial charge in [0.1, 0.15) is 6.34 Å². The SMILES string of the molecule is NC=NC=NCCNc1ccc(NCc2ccccc2)cc1-c1ccncc1. The van der Waals surface area contributed by atoms with Crippen molar-refractivity contribution in [2.45, 2.75) is 6.54 Å². The van der Waals surface area contributed by atoms with Gasteiger partial charge in [-0.25, -0.2) is 4.99 Å². The minimum Gasteiger partial charge on any atom is -0.390 e. The molecule has 0 aliphatic heterocycles. The molecule has 3 aromatic rings. The number of nitrogens with zero attached hydrogens (tertiary/aromatic N) is 3. The Labute approximate surface area is 165 Å². The number of pyridine rings is 1. The second kappa shape index (κ2) is 10.5. The van der Waals surface area contributed by atoms with E-state index in [2.05, 4.69) is 55.9 Å². The van der Waals surface area contributed by atoms with Gasteiger partial charge in [0.25, 0.3) is 0 Å². The molecule has 0 amide bonds. The first-order valence-electron chi connectivity index (χ1n) is 9.14. The van der Waals surface area contributed by atoms with Gasteiger partial charge in [0.2, 0.25) is 0 Å². The van der Waals surface area contributed by atoms with E-state index in [0.29, 0.717) is 13.1 Å². The minimum absolute atomic E-state index is 0.612. The van der Waals surface area contributed by atoms with Gasteiger partial charge in [-0.15, -0.1) is 0 Å². The molecule has 0 saturated carbocycles. The number of nitrogens with one attached hydrogen (secondary N) is 2. The quantitative estimate of drug-likeness (QED) is 0.303. The predicted molar refractivity (Wildman–Crippen MR) is 118 cm³/mol. The van der Waals surface area contributed by atoms with E-state index in [1.54, 1.807) is 12.4 Å². The summed E-state index contributed by atoms with van der Waals surface area (Å²) in [4.78, 5) is 12.1. The lowest BCUT2D eigenvalue weighted by molar-refractivity contribution is 1.03. The van der Waals surface area contributed by atoms with Gasteiger partial charge < -0.3 is 16.4 Å². The zero-order valence-electron chi connectivity index (χ0n) is 15.6. The van der Waals surface area contributed by atoms with Crippen LogP contribution in [-0.4, -0.2) is 30.8 Å². The van der Waals surface area contributed by atoms with Crippen LogP contribution in [-0.2, 0) is 6.54 Å². The first kappa shape index (κ1) is 19.1. The predicted octanol–water partition coefficient (Wildman–Crippen LogP) is 3.79. The molecule has 0 aliphatic carbocycles. The van der Waals surface area contributed by atoms with Crippen molar-refractivity contribution in [1.82, 2.24) is 4.98 Å². The first-order chi connectivity index (χ1) is 13.9. The molecule has 2 aromatic carbocycles. The highest BCUT2D eigenvalue weighted by molar-refractivity contribution is 5.81. The molecule has 0 spiro atoms. The van der Waals surface area contributed by atoms with Crippen LogP contribution in [0.5, 0.6) is 0 Å². The topological polar surface area (TPSA) is 87.7 Å². The summed E-state index contributed by atoms with van der Waals surface area (Å²) < 4.78 is 0. The largest absolute Gasteiger partial charge is 0.390 e. The number of hydrogen-bond acceptors (Lipinski definition) is 4. The highest BCUT2D eigenvalue weighted by Gasteiger charge is 2.07. The Morgan fingerprint density at radius 1 is 0.964 bits per heavy atom. The molecule has 0 aliphatic rings. The van der Waals surface area contributed by atoms with Crippen LogP contribution in [0.25, 0.3) is 11.1 Å². The Morgan fingerprint density at radius 2 is 1.79 bits per heavy atom. The van der Waals surface area contributed by atoms with Crippen molar-refractivity contribution in [3.05, 3.63) is 78.6 Å². The second-order valence-corrected chi connectivity index (χ2v) is 6.08. The Bertz CT molecular complexity index is 907. The molecular formula is C22H24N6. The van der Waals surface area contributed by atoms with Crippen LogP contribution in [0.3, 0.4) is 0 Å². The molecule has 1 aromatic heterocycles. The van der Waals surface area contributed by atoms with Crippen LogP contribution in [0.2, 0.25) is 0 Å². The molecule has 1 heterocycles. The number of hydrogen-bond donors (Lipinski definition) is 3. The van der Waals surface area contributed by atoms with Crippen molar-refractivity contribution in [3.8, 4) is 11.1 Å². The Hall–Kier alpha value is -3.67. The Morgan fingerprint density at radius 3 is 2.57 bits per heavy atom. The van der Waals surface area contributed by atoms with Gasteiger partial charge in [0.05, 0.1) is 12.9 Å². The van der Waals surface area contributed by atoms with Gasteiger partial charge in [-0.3, -0.25) is 9.98 Å². The van der Waals surface area contributed by atoms with Gasteiger partial charge in [0.15, 0.2) is 0 Å². The Kier molecular flexibility index (Phi) is 7.14. The summed E-state index contributed by atoms with van der Waals surface area (Å²) in [6.45, 7) is 2.09. The van der Waals surface area contributed by atoms with E-state index in [-0.39, 0.29) is 0 Å². The zero-order valence-corrected chi connectivity index (χ0v) is 15.6. The summed E-state index contributed by atoms with van der Waals surface area (Å²) in [7, 11) is 0. The fourth-order valence-corrected chi connectivity index (χ4v) is 2.78. The molecule has 6 nitrogen and oxygen atoms in total. The number of aliphatic imine (C=N–C) groups is 2. The average Bonchev–Trinajstić information content (AvgIpc) is 2.76. The molecule has 0 bridgehead atoms. The molecule has 0 saturated heterocycles. The number of rotatable bonds is 9. The summed E-state index contributed by atoms with van der Waals surface area (Å²) in [5, 5.41) is 6.94. The standard InChI is InChI=1S/C22H24N6/c23-16-26-17-25-12-13-27-22-7-6-20(28-15-18-4-2-1-3-5-18)14-21(22)19-8-10-24-11-9-19/h1-11,14,16-17,27-28H,12-13,15H2,(H2,23,25,26). The maximum Gasteiger partial charge on any atom is 0.111 e. The lowest BCUT2D eigenvalue weighted by atomic mass is 10.0. The van der Waals surface area contributed by atoms with E-state index in [4.69, 9.17) is 5.73 Å². The molecule has 142 valence electrons. The zero-order chi connectivity index (χ0) is 19.4. The third-order valence-electron chi connectivity index (χ3n) is 4.14. The molecular weight excluding hydrogens is 348 g/mol. The van der Waals surface area contributed by atoms with Crippen LogP contribution in [0, 0.1) is 0 Å². The first-order valence-corrected chi connectivity index (χ1v) is 9.14. The highest BCUT2D eigenvalue weighted by Crippen LogP contribution is 2.30. The van der Waals surface area contributed by atoms with Gasteiger partial charge in [-0.1, -0.05) is 30.3 Å². The average molecular weight is 372 g/mol. The van der Waals surface area contributed by atoms with Crippen LogP contribution in [0.1, 0.15) is 5.56 Å². The van der Waals surface area contributed by atoms with E-state index in [1.807, 2.05) is 30.3 Å². The lowest BCUT2D eigenvalue weighted by Crippen LogP contribution is -2.07. The van der Waals surface area contributed by atoms with E-state index in [1.165, 1.54) is 18.2 Å². The molecule has 0 atom stereocenters. The summed E-state index contributed by atoms with van der Waals surface area (Å²) in [6, 6.07) is 20.7. The lowest BCUT2D eigenvalue weighted by Gasteiger charge is -2.15. The van der Waals surface area contributed by atoms with Crippen LogP contribution < -0.4 is 16.4 Å². The van der Waals surface area contributed by atoms with E-state index >= 15 is 0 Å². The third-order valence-corrected chi connectivity index (χ3v) is 4.14. The molecule has 0 fully saturated rings. The van der Waals surface area contributed by atoms with Gasteiger partial charge in [-0.05, 0) is 41.5 Å². The number of benzene rings is 2. The van der Waals surface area contributed by atoms with Crippen LogP contribution in [0.15, 0.2) is 83.0 Å². The van der Waals surface area contributed by atoms with Crippen LogP contribution in [0.4, 0.5) is 11.4 Å². The molecule has 4 N–H and O–H groups in total. The summed E-state index contributed by atoms with van der Waals surface area (Å²) >= 11 is 0. The number of anilines is 2. The summed E-state index contributed by atoms with van der Waals surface area (Å²) in [6.07, 6.45) is 6.29. The van der Waals surface area contributed by atoms with Gasteiger partial charge >= 0.3 is 0 Å². The van der Waals surface area contributed by atoms with Crippen molar-refractivity contribution in [3.63, 3.8) is 0 Å². The van der Waals surface area contributed by atoms with Crippen molar-refractivity contribution < 1.29 is 0 Å². The van der Waals surface area contributed by atoms with Crippen LogP contribution >= 0.6 is 0 Å². The molecule has 3 rings (SSSR count).